The lowest BCUT2D eigenvalue weighted by Gasteiger charge is -2.24. The van der Waals surface area contributed by atoms with E-state index in [-0.39, 0.29) is 29.8 Å². The number of benzene rings is 1. The number of aryl methyl sites for hydroxylation is 1. The smallest absolute Gasteiger partial charge is 0.251 e. The summed E-state index contributed by atoms with van der Waals surface area (Å²) < 4.78 is 0. The minimum Gasteiger partial charge on any atom is -0.350 e. The highest BCUT2D eigenvalue weighted by atomic mass is 16.2. The SMILES string of the molecule is Cc1ccc(C(=O)NC[C@@H](NC(=O)[C@H]2CCCN2)C(C)C)cc1. The van der Waals surface area contributed by atoms with E-state index in [4.69, 9.17) is 0 Å². The van der Waals surface area contributed by atoms with E-state index in [2.05, 4.69) is 16.0 Å². The van der Waals surface area contributed by atoms with Crippen molar-refractivity contribution < 1.29 is 9.59 Å². The third-order valence-corrected chi connectivity index (χ3v) is 4.31. The van der Waals surface area contributed by atoms with Gasteiger partial charge in [0, 0.05) is 18.2 Å². The fraction of sp³-hybridized carbons (Fsp3) is 0.556. The maximum atomic E-state index is 12.2. The van der Waals surface area contributed by atoms with E-state index in [1.54, 1.807) is 0 Å². The summed E-state index contributed by atoms with van der Waals surface area (Å²) >= 11 is 0. The number of amides is 2. The van der Waals surface area contributed by atoms with Gasteiger partial charge in [-0.3, -0.25) is 9.59 Å². The molecule has 2 rings (SSSR count). The average Bonchev–Trinajstić information content (AvgIpc) is 3.05. The van der Waals surface area contributed by atoms with Crippen molar-refractivity contribution in [2.24, 2.45) is 5.92 Å². The monoisotopic (exact) mass is 317 g/mol. The van der Waals surface area contributed by atoms with Gasteiger partial charge in [-0.2, -0.15) is 0 Å². The molecule has 2 atom stereocenters. The van der Waals surface area contributed by atoms with Gasteiger partial charge >= 0.3 is 0 Å². The molecule has 1 aromatic rings. The van der Waals surface area contributed by atoms with Crippen molar-refractivity contribution in [1.29, 1.82) is 0 Å². The molecular weight excluding hydrogens is 290 g/mol. The Labute approximate surface area is 138 Å². The van der Waals surface area contributed by atoms with Crippen LogP contribution < -0.4 is 16.0 Å². The van der Waals surface area contributed by atoms with Gasteiger partial charge in [-0.1, -0.05) is 31.5 Å². The molecule has 3 N–H and O–H groups in total. The predicted molar refractivity (Wildman–Crippen MR) is 91.3 cm³/mol. The quantitative estimate of drug-likeness (QED) is 0.747. The van der Waals surface area contributed by atoms with E-state index in [1.807, 2.05) is 45.0 Å². The Morgan fingerprint density at radius 2 is 1.96 bits per heavy atom. The van der Waals surface area contributed by atoms with Gasteiger partial charge in [-0.25, -0.2) is 0 Å². The number of carbonyl (C=O) groups is 2. The van der Waals surface area contributed by atoms with Crippen LogP contribution >= 0.6 is 0 Å². The van der Waals surface area contributed by atoms with E-state index < -0.39 is 0 Å². The molecule has 2 amide bonds. The van der Waals surface area contributed by atoms with Gasteiger partial charge in [0.05, 0.1) is 6.04 Å². The summed E-state index contributed by atoms with van der Waals surface area (Å²) in [5.74, 6) is 0.174. The van der Waals surface area contributed by atoms with Crippen LogP contribution in [0.5, 0.6) is 0 Å². The number of hydrogen-bond acceptors (Lipinski definition) is 3. The molecule has 1 aliphatic rings. The molecule has 0 radical (unpaired) electrons. The van der Waals surface area contributed by atoms with E-state index >= 15 is 0 Å². The molecule has 0 aromatic heterocycles. The first-order valence-corrected chi connectivity index (χ1v) is 8.36. The predicted octanol–water partition coefficient (Wildman–Crippen LogP) is 1.62. The number of hydrogen-bond donors (Lipinski definition) is 3. The van der Waals surface area contributed by atoms with Crippen LogP contribution in [0.4, 0.5) is 0 Å². The Kier molecular flexibility index (Phi) is 6.16. The zero-order valence-corrected chi connectivity index (χ0v) is 14.2. The van der Waals surface area contributed by atoms with Gasteiger partial charge in [0.25, 0.3) is 5.91 Å². The Hall–Kier alpha value is -1.88. The second-order valence-corrected chi connectivity index (χ2v) is 6.58. The van der Waals surface area contributed by atoms with Crippen LogP contribution in [0, 0.1) is 12.8 Å². The van der Waals surface area contributed by atoms with Crippen LogP contribution in [0.25, 0.3) is 0 Å². The first-order chi connectivity index (χ1) is 11.0. The number of carbonyl (C=O) groups excluding carboxylic acids is 2. The van der Waals surface area contributed by atoms with Crippen molar-refractivity contribution in [1.82, 2.24) is 16.0 Å². The van der Waals surface area contributed by atoms with Gasteiger partial charge in [0.2, 0.25) is 5.91 Å². The van der Waals surface area contributed by atoms with E-state index in [0.29, 0.717) is 12.1 Å². The van der Waals surface area contributed by atoms with Gasteiger partial charge in [-0.05, 0) is 44.4 Å². The van der Waals surface area contributed by atoms with Crippen LogP contribution in [-0.2, 0) is 4.79 Å². The van der Waals surface area contributed by atoms with Gasteiger partial charge in [-0.15, -0.1) is 0 Å². The summed E-state index contributed by atoms with van der Waals surface area (Å²) in [7, 11) is 0. The molecule has 0 aliphatic carbocycles. The highest BCUT2D eigenvalue weighted by Gasteiger charge is 2.25. The molecule has 0 unspecified atom stereocenters. The topological polar surface area (TPSA) is 70.2 Å². The lowest BCUT2D eigenvalue weighted by Crippen LogP contribution is -2.51. The fourth-order valence-corrected chi connectivity index (χ4v) is 2.65. The van der Waals surface area contributed by atoms with Crippen LogP contribution in [0.2, 0.25) is 0 Å². The highest BCUT2D eigenvalue weighted by Crippen LogP contribution is 2.08. The van der Waals surface area contributed by atoms with Crippen molar-refractivity contribution in [3.05, 3.63) is 35.4 Å². The summed E-state index contributed by atoms with van der Waals surface area (Å²) in [6.07, 6.45) is 1.92. The molecule has 5 nitrogen and oxygen atoms in total. The second kappa shape index (κ2) is 8.11. The summed E-state index contributed by atoms with van der Waals surface area (Å²) in [6.45, 7) is 7.41. The molecule has 1 heterocycles. The fourth-order valence-electron chi connectivity index (χ4n) is 2.65. The standard InChI is InChI=1S/C18H27N3O2/c1-12(2)16(21-18(23)15-5-4-10-19-15)11-20-17(22)14-8-6-13(3)7-9-14/h6-9,12,15-16,19H,4-5,10-11H2,1-3H3,(H,20,22)(H,21,23)/t15-,16-/m1/s1. The van der Waals surface area contributed by atoms with E-state index in [0.717, 1.165) is 24.9 Å². The van der Waals surface area contributed by atoms with Crippen molar-refractivity contribution >= 4 is 11.8 Å². The number of nitrogens with one attached hydrogen (secondary N) is 3. The molecule has 1 saturated heterocycles. The summed E-state index contributed by atoms with van der Waals surface area (Å²) in [4.78, 5) is 24.4. The maximum Gasteiger partial charge on any atom is 0.251 e. The minimum absolute atomic E-state index is 0.0331. The molecule has 23 heavy (non-hydrogen) atoms. The molecule has 1 aliphatic heterocycles. The Morgan fingerprint density at radius 3 is 2.52 bits per heavy atom. The maximum absolute atomic E-state index is 12.2. The second-order valence-electron chi connectivity index (χ2n) is 6.58. The molecule has 0 saturated carbocycles. The van der Waals surface area contributed by atoms with Crippen molar-refractivity contribution in [3.63, 3.8) is 0 Å². The summed E-state index contributed by atoms with van der Waals surface area (Å²) in [5.41, 5.74) is 1.76. The normalized spacial score (nSPS) is 18.7. The minimum atomic E-state index is -0.108. The van der Waals surface area contributed by atoms with Crippen molar-refractivity contribution in [2.45, 2.75) is 45.7 Å². The molecular formula is C18H27N3O2. The molecule has 1 fully saturated rings. The van der Waals surface area contributed by atoms with Crippen molar-refractivity contribution in [3.8, 4) is 0 Å². The zero-order valence-electron chi connectivity index (χ0n) is 14.2. The molecule has 0 spiro atoms. The average molecular weight is 317 g/mol. The third-order valence-electron chi connectivity index (χ3n) is 4.31. The molecule has 1 aromatic carbocycles. The van der Waals surface area contributed by atoms with Gasteiger partial charge < -0.3 is 16.0 Å². The molecule has 5 heteroatoms. The van der Waals surface area contributed by atoms with Gasteiger partial charge in [0.15, 0.2) is 0 Å². The van der Waals surface area contributed by atoms with Crippen LogP contribution in [0.1, 0.15) is 42.6 Å². The molecule has 0 bridgehead atoms. The number of rotatable bonds is 6. The largest absolute Gasteiger partial charge is 0.350 e. The first-order valence-electron chi connectivity index (χ1n) is 8.36. The van der Waals surface area contributed by atoms with Crippen molar-refractivity contribution in [2.75, 3.05) is 13.1 Å². The lowest BCUT2D eigenvalue weighted by molar-refractivity contribution is -0.123. The van der Waals surface area contributed by atoms with E-state index in [1.165, 1.54) is 0 Å². The Morgan fingerprint density at radius 1 is 1.26 bits per heavy atom. The van der Waals surface area contributed by atoms with E-state index in [9.17, 15) is 9.59 Å². The van der Waals surface area contributed by atoms with Crippen LogP contribution in [0.15, 0.2) is 24.3 Å². The Bertz CT molecular complexity index is 534. The first kappa shape index (κ1) is 17.5. The Balaban J connectivity index is 1.87. The summed E-state index contributed by atoms with van der Waals surface area (Å²) in [6, 6.07) is 7.31. The molecule has 126 valence electrons. The highest BCUT2D eigenvalue weighted by molar-refractivity contribution is 5.94. The summed E-state index contributed by atoms with van der Waals surface area (Å²) in [5, 5.41) is 9.18. The zero-order chi connectivity index (χ0) is 16.8. The third kappa shape index (κ3) is 5.06. The van der Waals surface area contributed by atoms with Crippen LogP contribution in [0.3, 0.4) is 0 Å². The van der Waals surface area contributed by atoms with Gasteiger partial charge in [0.1, 0.15) is 0 Å². The lowest BCUT2D eigenvalue weighted by atomic mass is 10.0. The van der Waals surface area contributed by atoms with Crippen LogP contribution in [-0.4, -0.2) is 37.0 Å².